The van der Waals surface area contributed by atoms with Crippen LogP contribution in [0, 0.1) is 0 Å². The van der Waals surface area contributed by atoms with Gasteiger partial charge in [0.15, 0.2) is 5.60 Å². The fraction of sp³-hybridized carbons (Fsp3) is 0.522. The van der Waals surface area contributed by atoms with Gasteiger partial charge in [-0.2, -0.15) is 13.2 Å². The quantitative estimate of drug-likeness (QED) is 0.673. The molecule has 4 rings (SSSR count). The molecule has 1 aromatic carbocycles. The van der Waals surface area contributed by atoms with E-state index in [0.29, 0.717) is 38.2 Å². The molecule has 2 aromatic rings. The maximum absolute atomic E-state index is 13.3. The SMILES string of the molecule is C[C@](O)(c1ccc(C(=O)N(C2CC2)[C@H]2CC[C@@](O)(c3cccs3)CC2)cc1)C(F)(F)F. The molecule has 1 heterocycles. The molecule has 2 aliphatic rings. The van der Waals surface area contributed by atoms with Crippen molar-refractivity contribution in [3.05, 3.63) is 57.8 Å². The van der Waals surface area contributed by atoms with Gasteiger partial charge >= 0.3 is 6.18 Å². The van der Waals surface area contributed by atoms with Crippen molar-refractivity contribution in [2.45, 2.75) is 74.9 Å². The van der Waals surface area contributed by atoms with Gasteiger partial charge in [0.25, 0.3) is 5.91 Å². The second-order valence-electron chi connectivity index (χ2n) is 8.83. The molecule has 31 heavy (non-hydrogen) atoms. The van der Waals surface area contributed by atoms with Crippen LogP contribution in [0.4, 0.5) is 13.2 Å². The molecular formula is C23H26F3NO3S. The van der Waals surface area contributed by atoms with Gasteiger partial charge in [0, 0.05) is 22.5 Å². The molecule has 1 amide bonds. The third-order valence-corrected chi connectivity index (χ3v) is 7.64. The van der Waals surface area contributed by atoms with Gasteiger partial charge in [-0.3, -0.25) is 4.79 Å². The maximum Gasteiger partial charge on any atom is 0.421 e. The van der Waals surface area contributed by atoms with E-state index in [1.807, 2.05) is 22.4 Å². The largest absolute Gasteiger partial charge is 0.421 e. The van der Waals surface area contributed by atoms with Crippen LogP contribution in [0.15, 0.2) is 41.8 Å². The fourth-order valence-electron chi connectivity index (χ4n) is 4.38. The Bertz CT molecular complexity index is 913. The van der Waals surface area contributed by atoms with E-state index in [-0.39, 0.29) is 23.6 Å². The van der Waals surface area contributed by atoms with E-state index in [2.05, 4.69) is 0 Å². The fourth-order valence-corrected chi connectivity index (χ4v) is 5.26. The van der Waals surface area contributed by atoms with Crippen LogP contribution in [0.5, 0.6) is 0 Å². The van der Waals surface area contributed by atoms with E-state index in [0.717, 1.165) is 17.7 Å². The number of halogens is 3. The molecule has 2 N–H and O–H groups in total. The van der Waals surface area contributed by atoms with Crippen molar-refractivity contribution >= 4 is 17.2 Å². The van der Waals surface area contributed by atoms with Gasteiger partial charge in [-0.05, 0) is 74.6 Å². The minimum Gasteiger partial charge on any atom is -0.384 e. The number of nitrogens with zero attached hydrogens (tertiary/aromatic N) is 1. The number of aliphatic hydroxyl groups is 2. The number of alkyl halides is 3. The first-order chi connectivity index (χ1) is 14.5. The third kappa shape index (κ3) is 4.25. The molecule has 2 fully saturated rings. The first-order valence-electron chi connectivity index (χ1n) is 10.5. The Morgan fingerprint density at radius 2 is 1.65 bits per heavy atom. The summed E-state index contributed by atoms with van der Waals surface area (Å²) in [7, 11) is 0. The van der Waals surface area contributed by atoms with Crippen LogP contribution in [0.2, 0.25) is 0 Å². The molecule has 0 radical (unpaired) electrons. The second-order valence-corrected chi connectivity index (χ2v) is 9.78. The summed E-state index contributed by atoms with van der Waals surface area (Å²) in [5.74, 6) is -0.202. The van der Waals surface area contributed by atoms with E-state index in [1.165, 1.54) is 35.6 Å². The Morgan fingerprint density at radius 3 is 2.13 bits per heavy atom. The van der Waals surface area contributed by atoms with Crippen molar-refractivity contribution < 1.29 is 28.2 Å². The molecule has 2 saturated carbocycles. The molecule has 0 unspecified atom stereocenters. The summed E-state index contributed by atoms with van der Waals surface area (Å²) in [6.45, 7) is 0.705. The zero-order chi connectivity index (χ0) is 22.4. The standard InChI is InChI=1S/C23H26F3NO3S/c1-21(29,23(24,25)26)16-6-4-15(5-7-16)20(28)27(17-8-9-17)18-10-12-22(30,13-11-18)19-3-2-14-31-19/h2-7,14,17-18,29-30H,8-13H2,1H3/t18-,21-,22-/m0/s1. The van der Waals surface area contributed by atoms with Crippen molar-refractivity contribution in [3.63, 3.8) is 0 Å². The van der Waals surface area contributed by atoms with E-state index < -0.39 is 17.4 Å². The molecule has 1 aromatic heterocycles. The molecule has 0 bridgehead atoms. The van der Waals surface area contributed by atoms with Crippen LogP contribution in [-0.4, -0.2) is 39.3 Å². The highest BCUT2D eigenvalue weighted by atomic mass is 32.1. The first-order valence-corrected chi connectivity index (χ1v) is 11.4. The molecule has 2 aliphatic carbocycles. The lowest BCUT2D eigenvalue weighted by Crippen LogP contribution is -2.46. The summed E-state index contributed by atoms with van der Waals surface area (Å²) in [6.07, 6.45) is -0.476. The van der Waals surface area contributed by atoms with Gasteiger partial charge in [0.05, 0.1) is 5.60 Å². The number of carbonyl (C=O) groups is 1. The summed E-state index contributed by atoms with van der Waals surface area (Å²) >= 11 is 1.53. The number of hydrogen-bond acceptors (Lipinski definition) is 4. The molecule has 1 atom stereocenters. The Morgan fingerprint density at radius 1 is 1.06 bits per heavy atom. The van der Waals surface area contributed by atoms with Crippen LogP contribution in [0.1, 0.15) is 66.2 Å². The van der Waals surface area contributed by atoms with Crippen molar-refractivity contribution in [2.75, 3.05) is 0 Å². The normalized spacial score (nSPS) is 26.3. The molecule has 168 valence electrons. The van der Waals surface area contributed by atoms with Gasteiger partial charge in [0.2, 0.25) is 0 Å². The van der Waals surface area contributed by atoms with Gasteiger partial charge in [0.1, 0.15) is 0 Å². The predicted octanol–water partition coefficient (Wildman–Crippen LogP) is 4.95. The topological polar surface area (TPSA) is 60.8 Å². The van der Waals surface area contributed by atoms with Gasteiger partial charge < -0.3 is 15.1 Å². The van der Waals surface area contributed by atoms with Crippen LogP contribution >= 0.6 is 11.3 Å². The van der Waals surface area contributed by atoms with E-state index in [1.54, 1.807) is 0 Å². The highest BCUT2D eigenvalue weighted by Gasteiger charge is 2.51. The molecule has 0 spiro atoms. The average molecular weight is 454 g/mol. The Hall–Kier alpha value is -1.90. The summed E-state index contributed by atoms with van der Waals surface area (Å²) in [5.41, 5.74) is -3.81. The molecule has 0 aliphatic heterocycles. The van der Waals surface area contributed by atoms with Crippen molar-refractivity contribution in [2.24, 2.45) is 0 Å². The Kier molecular flexibility index (Phi) is 5.69. The average Bonchev–Trinajstić information content (AvgIpc) is 3.39. The lowest BCUT2D eigenvalue weighted by Gasteiger charge is -2.41. The zero-order valence-electron chi connectivity index (χ0n) is 17.2. The smallest absolute Gasteiger partial charge is 0.384 e. The summed E-state index contributed by atoms with van der Waals surface area (Å²) in [6, 6.07) is 9.05. The van der Waals surface area contributed by atoms with Crippen molar-refractivity contribution in [1.29, 1.82) is 0 Å². The van der Waals surface area contributed by atoms with Crippen LogP contribution < -0.4 is 0 Å². The summed E-state index contributed by atoms with van der Waals surface area (Å²) in [5, 5.41) is 22.8. The third-order valence-electron chi connectivity index (χ3n) is 6.58. The van der Waals surface area contributed by atoms with Crippen LogP contribution in [0.3, 0.4) is 0 Å². The second kappa shape index (κ2) is 7.90. The summed E-state index contributed by atoms with van der Waals surface area (Å²) < 4.78 is 39.2. The highest BCUT2D eigenvalue weighted by molar-refractivity contribution is 7.10. The highest BCUT2D eigenvalue weighted by Crippen LogP contribution is 2.43. The van der Waals surface area contributed by atoms with Gasteiger partial charge in [-0.25, -0.2) is 0 Å². The number of rotatable bonds is 5. The lowest BCUT2D eigenvalue weighted by molar-refractivity contribution is -0.258. The zero-order valence-corrected chi connectivity index (χ0v) is 18.0. The monoisotopic (exact) mass is 453 g/mol. The van der Waals surface area contributed by atoms with Gasteiger partial charge in [-0.1, -0.05) is 18.2 Å². The molecule has 8 heteroatoms. The minimum absolute atomic E-state index is 0.00167. The number of benzene rings is 1. The Labute approximate surface area is 183 Å². The number of hydrogen-bond donors (Lipinski definition) is 2. The van der Waals surface area contributed by atoms with E-state index in [4.69, 9.17) is 0 Å². The maximum atomic E-state index is 13.3. The van der Waals surface area contributed by atoms with Gasteiger partial charge in [-0.15, -0.1) is 11.3 Å². The Balaban J connectivity index is 1.49. The number of amides is 1. The predicted molar refractivity (Wildman–Crippen MR) is 112 cm³/mol. The molecular weight excluding hydrogens is 427 g/mol. The van der Waals surface area contributed by atoms with Crippen molar-refractivity contribution in [1.82, 2.24) is 4.90 Å². The summed E-state index contributed by atoms with van der Waals surface area (Å²) in [4.78, 5) is 16.1. The van der Waals surface area contributed by atoms with Crippen LogP contribution in [-0.2, 0) is 11.2 Å². The number of thiophene rings is 1. The lowest BCUT2D eigenvalue weighted by atomic mass is 9.80. The van der Waals surface area contributed by atoms with Crippen LogP contribution in [0.25, 0.3) is 0 Å². The molecule has 4 nitrogen and oxygen atoms in total. The van der Waals surface area contributed by atoms with E-state index >= 15 is 0 Å². The minimum atomic E-state index is -4.81. The van der Waals surface area contributed by atoms with Crippen molar-refractivity contribution in [3.8, 4) is 0 Å². The molecule has 0 saturated heterocycles. The number of carbonyl (C=O) groups excluding carboxylic acids is 1. The first kappa shape index (κ1) is 22.3. The van der Waals surface area contributed by atoms with E-state index in [9.17, 15) is 28.2 Å².